The molecule has 1 aromatic carbocycles. The van der Waals surface area contributed by atoms with Crippen LogP contribution >= 0.6 is 0 Å². The van der Waals surface area contributed by atoms with E-state index in [1.165, 1.54) is 7.11 Å². The van der Waals surface area contributed by atoms with Gasteiger partial charge in [0.05, 0.1) is 7.11 Å². The van der Waals surface area contributed by atoms with E-state index in [1.807, 2.05) is 18.2 Å². The Morgan fingerprint density at radius 2 is 2.27 bits per heavy atom. The lowest BCUT2D eigenvalue weighted by atomic mass is 10.1. The van der Waals surface area contributed by atoms with Gasteiger partial charge in [0.25, 0.3) is 0 Å². The highest BCUT2D eigenvalue weighted by molar-refractivity contribution is 5.69. The van der Waals surface area contributed by atoms with E-state index in [4.69, 9.17) is 0 Å². The standard InChI is InChI=1S/C12H17NO2/c1-3-13-11-6-4-5-10(9-11)7-8-12(14)15-2/h4-6,9,13H,3,7-8H2,1-2H3. The van der Waals surface area contributed by atoms with Gasteiger partial charge in [-0.25, -0.2) is 0 Å². The molecule has 3 heteroatoms. The Labute approximate surface area is 90.4 Å². The number of carbonyl (C=O) groups excluding carboxylic acids is 1. The zero-order valence-corrected chi connectivity index (χ0v) is 9.25. The Morgan fingerprint density at radius 3 is 2.93 bits per heavy atom. The summed E-state index contributed by atoms with van der Waals surface area (Å²) >= 11 is 0. The third-order valence-electron chi connectivity index (χ3n) is 2.15. The van der Waals surface area contributed by atoms with Gasteiger partial charge in [0, 0.05) is 18.7 Å². The summed E-state index contributed by atoms with van der Waals surface area (Å²) in [6.07, 6.45) is 1.16. The number of hydrogen-bond donors (Lipinski definition) is 1. The van der Waals surface area contributed by atoms with Gasteiger partial charge in [-0.2, -0.15) is 0 Å². The minimum Gasteiger partial charge on any atom is -0.469 e. The number of rotatable bonds is 5. The third kappa shape index (κ3) is 4.02. The molecule has 0 aromatic heterocycles. The zero-order chi connectivity index (χ0) is 11.1. The third-order valence-corrected chi connectivity index (χ3v) is 2.15. The van der Waals surface area contributed by atoms with Crippen molar-refractivity contribution in [2.45, 2.75) is 19.8 Å². The smallest absolute Gasteiger partial charge is 0.305 e. The summed E-state index contributed by atoms with van der Waals surface area (Å²) in [5.41, 5.74) is 2.25. The minimum atomic E-state index is -0.163. The summed E-state index contributed by atoms with van der Waals surface area (Å²) in [7, 11) is 1.41. The Bertz CT molecular complexity index is 323. The molecule has 0 bridgehead atoms. The number of anilines is 1. The predicted octanol–water partition coefficient (Wildman–Crippen LogP) is 2.22. The fourth-order valence-corrected chi connectivity index (χ4v) is 1.39. The van der Waals surface area contributed by atoms with Gasteiger partial charge < -0.3 is 10.1 Å². The number of carbonyl (C=O) groups is 1. The first-order chi connectivity index (χ1) is 7.26. The molecule has 0 saturated carbocycles. The van der Waals surface area contributed by atoms with Gasteiger partial charge in [-0.1, -0.05) is 12.1 Å². The van der Waals surface area contributed by atoms with Gasteiger partial charge in [0.2, 0.25) is 0 Å². The van der Waals surface area contributed by atoms with Crippen molar-refractivity contribution in [2.24, 2.45) is 0 Å². The van der Waals surface area contributed by atoms with E-state index < -0.39 is 0 Å². The fraction of sp³-hybridized carbons (Fsp3) is 0.417. The zero-order valence-electron chi connectivity index (χ0n) is 9.25. The second-order valence-electron chi connectivity index (χ2n) is 3.31. The maximum absolute atomic E-state index is 11.0. The molecule has 0 fully saturated rings. The molecule has 0 saturated heterocycles. The second kappa shape index (κ2) is 6.06. The number of benzene rings is 1. The van der Waals surface area contributed by atoms with Crippen LogP contribution in [0.25, 0.3) is 0 Å². The van der Waals surface area contributed by atoms with E-state index in [0.29, 0.717) is 6.42 Å². The average molecular weight is 207 g/mol. The molecule has 0 aliphatic heterocycles. The molecular weight excluding hydrogens is 190 g/mol. The van der Waals surface area contributed by atoms with Crippen LogP contribution in [-0.4, -0.2) is 19.6 Å². The van der Waals surface area contributed by atoms with E-state index >= 15 is 0 Å². The maximum atomic E-state index is 11.0. The van der Waals surface area contributed by atoms with Crippen molar-refractivity contribution in [3.8, 4) is 0 Å². The van der Waals surface area contributed by atoms with Crippen LogP contribution in [0.5, 0.6) is 0 Å². The molecular formula is C12H17NO2. The Kier molecular flexibility index (Phi) is 4.68. The fourth-order valence-electron chi connectivity index (χ4n) is 1.39. The highest BCUT2D eigenvalue weighted by atomic mass is 16.5. The van der Waals surface area contributed by atoms with Crippen LogP contribution in [0.2, 0.25) is 0 Å². The topological polar surface area (TPSA) is 38.3 Å². The monoisotopic (exact) mass is 207 g/mol. The lowest BCUT2D eigenvalue weighted by Crippen LogP contribution is -2.02. The van der Waals surface area contributed by atoms with Crippen LogP contribution in [0.4, 0.5) is 5.69 Å². The van der Waals surface area contributed by atoms with E-state index in [2.05, 4.69) is 23.0 Å². The largest absolute Gasteiger partial charge is 0.469 e. The highest BCUT2D eigenvalue weighted by Crippen LogP contribution is 2.12. The van der Waals surface area contributed by atoms with Crippen molar-refractivity contribution in [2.75, 3.05) is 19.0 Å². The minimum absolute atomic E-state index is 0.163. The Balaban J connectivity index is 2.53. The predicted molar refractivity (Wildman–Crippen MR) is 60.9 cm³/mol. The molecule has 1 rings (SSSR count). The van der Waals surface area contributed by atoms with Crippen molar-refractivity contribution in [1.29, 1.82) is 0 Å². The van der Waals surface area contributed by atoms with Crippen molar-refractivity contribution in [3.63, 3.8) is 0 Å². The normalized spacial score (nSPS) is 9.73. The van der Waals surface area contributed by atoms with E-state index in [1.54, 1.807) is 0 Å². The summed E-state index contributed by atoms with van der Waals surface area (Å²) in [5.74, 6) is -0.163. The maximum Gasteiger partial charge on any atom is 0.305 e. The summed E-state index contributed by atoms with van der Waals surface area (Å²) in [6, 6.07) is 8.09. The summed E-state index contributed by atoms with van der Waals surface area (Å²) in [5, 5.41) is 3.23. The number of methoxy groups -OCH3 is 1. The lowest BCUT2D eigenvalue weighted by molar-refractivity contribution is -0.140. The van der Waals surface area contributed by atoms with Crippen molar-refractivity contribution in [3.05, 3.63) is 29.8 Å². The molecule has 15 heavy (non-hydrogen) atoms. The van der Waals surface area contributed by atoms with Crippen LogP contribution in [0.1, 0.15) is 18.9 Å². The SMILES string of the molecule is CCNc1cccc(CCC(=O)OC)c1. The number of ether oxygens (including phenoxy) is 1. The number of esters is 1. The summed E-state index contributed by atoms with van der Waals surface area (Å²) < 4.78 is 4.60. The first kappa shape index (κ1) is 11.6. The molecule has 3 nitrogen and oxygen atoms in total. The van der Waals surface area contributed by atoms with Gasteiger partial charge in [-0.05, 0) is 31.0 Å². The van der Waals surface area contributed by atoms with Crippen molar-refractivity contribution in [1.82, 2.24) is 0 Å². The van der Waals surface area contributed by atoms with Gasteiger partial charge in [0.15, 0.2) is 0 Å². The van der Waals surface area contributed by atoms with Gasteiger partial charge in [-0.15, -0.1) is 0 Å². The molecule has 0 radical (unpaired) electrons. The number of hydrogen-bond acceptors (Lipinski definition) is 3. The number of nitrogens with one attached hydrogen (secondary N) is 1. The van der Waals surface area contributed by atoms with Crippen molar-refractivity contribution >= 4 is 11.7 Å². The second-order valence-corrected chi connectivity index (χ2v) is 3.31. The molecule has 0 aliphatic carbocycles. The molecule has 1 N–H and O–H groups in total. The first-order valence-electron chi connectivity index (χ1n) is 5.16. The first-order valence-corrected chi connectivity index (χ1v) is 5.16. The van der Waals surface area contributed by atoms with E-state index in [-0.39, 0.29) is 5.97 Å². The number of aryl methyl sites for hydroxylation is 1. The lowest BCUT2D eigenvalue weighted by Gasteiger charge is -2.05. The van der Waals surface area contributed by atoms with Crippen LogP contribution in [-0.2, 0) is 16.0 Å². The summed E-state index contributed by atoms with van der Waals surface area (Å²) in [6.45, 7) is 2.96. The van der Waals surface area contributed by atoms with Crippen LogP contribution in [0, 0.1) is 0 Å². The average Bonchev–Trinajstić information content (AvgIpc) is 2.27. The molecule has 1 aromatic rings. The van der Waals surface area contributed by atoms with Gasteiger partial charge in [-0.3, -0.25) is 4.79 Å². The van der Waals surface area contributed by atoms with E-state index in [9.17, 15) is 4.79 Å². The molecule has 0 heterocycles. The molecule has 0 aliphatic rings. The Hall–Kier alpha value is -1.51. The quantitative estimate of drug-likeness (QED) is 0.752. The Morgan fingerprint density at radius 1 is 1.47 bits per heavy atom. The molecule has 0 unspecified atom stereocenters. The molecule has 82 valence electrons. The highest BCUT2D eigenvalue weighted by Gasteiger charge is 2.01. The van der Waals surface area contributed by atoms with Crippen LogP contribution in [0.3, 0.4) is 0 Å². The van der Waals surface area contributed by atoms with Crippen LogP contribution in [0.15, 0.2) is 24.3 Å². The van der Waals surface area contributed by atoms with Crippen LogP contribution < -0.4 is 5.32 Å². The van der Waals surface area contributed by atoms with Gasteiger partial charge in [0.1, 0.15) is 0 Å². The van der Waals surface area contributed by atoms with Crippen molar-refractivity contribution < 1.29 is 9.53 Å². The molecule has 0 spiro atoms. The van der Waals surface area contributed by atoms with Gasteiger partial charge >= 0.3 is 5.97 Å². The molecule has 0 atom stereocenters. The molecule has 0 amide bonds. The van der Waals surface area contributed by atoms with E-state index in [0.717, 1.165) is 24.2 Å². The summed E-state index contributed by atoms with van der Waals surface area (Å²) in [4.78, 5) is 11.0.